The van der Waals surface area contributed by atoms with E-state index in [1.54, 1.807) is 13.0 Å². The maximum atomic E-state index is 11.8. The van der Waals surface area contributed by atoms with E-state index in [1.807, 2.05) is 6.92 Å². The van der Waals surface area contributed by atoms with Crippen LogP contribution in [-0.2, 0) is 4.79 Å². The van der Waals surface area contributed by atoms with E-state index >= 15 is 0 Å². The van der Waals surface area contributed by atoms with Gasteiger partial charge in [-0.25, -0.2) is 4.98 Å². The third-order valence-corrected chi connectivity index (χ3v) is 2.59. The van der Waals surface area contributed by atoms with Gasteiger partial charge in [0.1, 0.15) is 5.15 Å². The highest BCUT2D eigenvalue weighted by atomic mass is 35.5. The van der Waals surface area contributed by atoms with Crippen molar-refractivity contribution in [2.45, 2.75) is 26.7 Å². The molecule has 0 atom stereocenters. The maximum Gasteiger partial charge on any atom is 0.251 e. The van der Waals surface area contributed by atoms with Crippen LogP contribution < -0.4 is 10.6 Å². The van der Waals surface area contributed by atoms with Gasteiger partial charge in [-0.15, -0.1) is 0 Å². The predicted octanol–water partition coefficient (Wildman–Crippen LogP) is 1.69. The van der Waals surface area contributed by atoms with Crippen molar-refractivity contribution in [3.63, 3.8) is 0 Å². The van der Waals surface area contributed by atoms with Crippen LogP contribution in [0.2, 0.25) is 5.15 Å². The molecule has 2 N–H and O–H groups in total. The molecule has 0 saturated carbocycles. The van der Waals surface area contributed by atoms with Crippen LogP contribution in [0.3, 0.4) is 0 Å². The number of hydrogen-bond acceptors (Lipinski definition) is 3. The predicted molar refractivity (Wildman–Crippen MR) is 74.2 cm³/mol. The Morgan fingerprint density at radius 2 is 2.00 bits per heavy atom. The largest absolute Gasteiger partial charge is 0.356 e. The standard InChI is InChI=1S/C13H18ClN3O2/c1-3-5-15-12(18)4-6-16-13(19)10-7-9(2)17-11(14)8-10/h7-8H,3-6H2,1-2H3,(H,15,18)(H,16,19). The molecule has 0 aliphatic rings. The third-order valence-electron chi connectivity index (χ3n) is 2.39. The lowest BCUT2D eigenvalue weighted by Gasteiger charge is -2.06. The number of amides is 2. The minimum Gasteiger partial charge on any atom is -0.356 e. The zero-order chi connectivity index (χ0) is 14.3. The van der Waals surface area contributed by atoms with E-state index in [4.69, 9.17) is 11.6 Å². The summed E-state index contributed by atoms with van der Waals surface area (Å²) >= 11 is 5.78. The van der Waals surface area contributed by atoms with Gasteiger partial charge in [0.05, 0.1) is 0 Å². The molecule has 0 bridgehead atoms. The number of carbonyl (C=O) groups is 2. The van der Waals surface area contributed by atoms with Crippen LogP contribution in [-0.4, -0.2) is 29.9 Å². The van der Waals surface area contributed by atoms with Gasteiger partial charge in [-0.3, -0.25) is 9.59 Å². The molecule has 1 heterocycles. The van der Waals surface area contributed by atoms with Crippen LogP contribution in [0.5, 0.6) is 0 Å². The Kier molecular flexibility index (Phi) is 6.29. The van der Waals surface area contributed by atoms with Crippen molar-refractivity contribution in [2.24, 2.45) is 0 Å². The van der Waals surface area contributed by atoms with Crippen LogP contribution in [0.25, 0.3) is 0 Å². The smallest absolute Gasteiger partial charge is 0.251 e. The minimum atomic E-state index is -0.254. The molecule has 0 spiro atoms. The average Bonchev–Trinajstić information content (AvgIpc) is 2.35. The van der Waals surface area contributed by atoms with Crippen molar-refractivity contribution in [3.05, 3.63) is 28.5 Å². The molecule has 0 aromatic carbocycles. The summed E-state index contributed by atoms with van der Waals surface area (Å²) in [5.74, 6) is -0.318. The molecule has 6 heteroatoms. The normalized spacial score (nSPS) is 10.1. The van der Waals surface area contributed by atoms with Crippen LogP contribution in [0.1, 0.15) is 35.8 Å². The molecule has 1 aromatic heterocycles. The second-order valence-corrected chi connectivity index (χ2v) is 4.56. The fourth-order valence-electron chi connectivity index (χ4n) is 1.50. The van der Waals surface area contributed by atoms with Crippen molar-refractivity contribution in [1.29, 1.82) is 0 Å². The molecule has 104 valence electrons. The van der Waals surface area contributed by atoms with E-state index in [1.165, 1.54) is 6.07 Å². The number of nitrogens with zero attached hydrogens (tertiary/aromatic N) is 1. The number of hydrogen-bond donors (Lipinski definition) is 2. The zero-order valence-corrected chi connectivity index (χ0v) is 11.9. The third kappa shape index (κ3) is 5.70. The first-order chi connectivity index (χ1) is 9.02. The molecule has 0 saturated heterocycles. The van der Waals surface area contributed by atoms with Gasteiger partial charge in [0.2, 0.25) is 5.91 Å². The van der Waals surface area contributed by atoms with E-state index in [-0.39, 0.29) is 23.4 Å². The van der Waals surface area contributed by atoms with E-state index in [9.17, 15) is 9.59 Å². The number of aryl methyl sites for hydroxylation is 1. The highest BCUT2D eigenvalue weighted by Crippen LogP contribution is 2.10. The molecule has 0 unspecified atom stereocenters. The van der Waals surface area contributed by atoms with E-state index in [0.29, 0.717) is 24.3 Å². The van der Waals surface area contributed by atoms with E-state index < -0.39 is 0 Å². The maximum absolute atomic E-state index is 11.8. The second kappa shape index (κ2) is 7.74. The number of carbonyl (C=O) groups excluding carboxylic acids is 2. The molecule has 1 aromatic rings. The van der Waals surface area contributed by atoms with Crippen LogP contribution >= 0.6 is 11.6 Å². The number of halogens is 1. The van der Waals surface area contributed by atoms with Gasteiger partial charge in [-0.2, -0.15) is 0 Å². The lowest BCUT2D eigenvalue weighted by Crippen LogP contribution is -2.31. The fourth-order valence-corrected chi connectivity index (χ4v) is 1.75. The molecule has 5 nitrogen and oxygen atoms in total. The Bertz CT molecular complexity index is 443. The average molecular weight is 284 g/mol. The summed E-state index contributed by atoms with van der Waals surface area (Å²) in [7, 11) is 0. The lowest BCUT2D eigenvalue weighted by molar-refractivity contribution is -0.120. The van der Waals surface area contributed by atoms with Crippen LogP contribution in [0.4, 0.5) is 0 Å². The summed E-state index contributed by atoms with van der Waals surface area (Å²) in [6.45, 7) is 4.71. The Morgan fingerprint density at radius 1 is 1.26 bits per heavy atom. The first-order valence-corrected chi connectivity index (χ1v) is 6.59. The monoisotopic (exact) mass is 283 g/mol. The fraction of sp³-hybridized carbons (Fsp3) is 0.462. The molecule has 0 aliphatic carbocycles. The van der Waals surface area contributed by atoms with Crippen molar-refractivity contribution in [1.82, 2.24) is 15.6 Å². The number of aromatic nitrogens is 1. The van der Waals surface area contributed by atoms with Gasteiger partial charge in [0.25, 0.3) is 5.91 Å². The molecule has 19 heavy (non-hydrogen) atoms. The second-order valence-electron chi connectivity index (χ2n) is 4.18. The van der Waals surface area contributed by atoms with Gasteiger partial charge < -0.3 is 10.6 Å². The molecule has 1 rings (SSSR count). The number of pyridine rings is 1. The Morgan fingerprint density at radius 3 is 2.63 bits per heavy atom. The van der Waals surface area contributed by atoms with Gasteiger partial charge >= 0.3 is 0 Å². The van der Waals surface area contributed by atoms with Crippen LogP contribution in [0.15, 0.2) is 12.1 Å². The Hall–Kier alpha value is -1.62. The van der Waals surface area contributed by atoms with Crippen molar-refractivity contribution < 1.29 is 9.59 Å². The summed E-state index contributed by atoms with van der Waals surface area (Å²) in [5, 5.41) is 5.70. The highest BCUT2D eigenvalue weighted by molar-refractivity contribution is 6.29. The SMILES string of the molecule is CCCNC(=O)CCNC(=O)c1cc(C)nc(Cl)c1. The lowest BCUT2D eigenvalue weighted by atomic mass is 10.2. The molecular formula is C13H18ClN3O2. The van der Waals surface area contributed by atoms with Crippen molar-refractivity contribution in [3.8, 4) is 0 Å². The van der Waals surface area contributed by atoms with Gasteiger partial charge in [0, 0.05) is 30.8 Å². The van der Waals surface area contributed by atoms with Gasteiger partial charge in [0.15, 0.2) is 0 Å². The zero-order valence-electron chi connectivity index (χ0n) is 11.1. The van der Waals surface area contributed by atoms with Crippen molar-refractivity contribution >= 4 is 23.4 Å². The molecule has 0 fully saturated rings. The molecule has 2 amide bonds. The van der Waals surface area contributed by atoms with Crippen molar-refractivity contribution in [2.75, 3.05) is 13.1 Å². The van der Waals surface area contributed by atoms with E-state index in [2.05, 4.69) is 15.6 Å². The summed E-state index contributed by atoms with van der Waals surface area (Å²) in [6, 6.07) is 3.15. The molecule has 0 radical (unpaired) electrons. The summed E-state index contributed by atoms with van der Waals surface area (Å²) in [4.78, 5) is 27.1. The topological polar surface area (TPSA) is 71.1 Å². The highest BCUT2D eigenvalue weighted by Gasteiger charge is 2.08. The van der Waals surface area contributed by atoms with Gasteiger partial charge in [-0.1, -0.05) is 18.5 Å². The summed E-state index contributed by atoms with van der Waals surface area (Å²) in [6.07, 6.45) is 1.16. The van der Waals surface area contributed by atoms with E-state index in [0.717, 1.165) is 6.42 Å². The first kappa shape index (κ1) is 15.4. The first-order valence-electron chi connectivity index (χ1n) is 6.22. The van der Waals surface area contributed by atoms with Crippen LogP contribution in [0, 0.1) is 6.92 Å². The quantitative estimate of drug-likeness (QED) is 0.781. The summed E-state index contributed by atoms with van der Waals surface area (Å²) < 4.78 is 0. The molecule has 0 aliphatic heterocycles. The van der Waals surface area contributed by atoms with Gasteiger partial charge in [-0.05, 0) is 25.5 Å². The Balaban J connectivity index is 2.41. The number of rotatable bonds is 6. The summed E-state index contributed by atoms with van der Waals surface area (Å²) in [5.41, 5.74) is 1.13. The minimum absolute atomic E-state index is 0.0638. The Labute approximate surface area is 117 Å². The molecular weight excluding hydrogens is 266 g/mol. The number of nitrogens with one attached hydrogen (secondary N) is 2.